The molecule has 1 unspecified atom stereocenters. The van der Waals surface area contributed by atoms with Gasteiger partial charge in [-0.25, -0.2) is 0 Å². The fourth-order valence-corrected chi connectivity index (χ4v) is 3.59. The number of hydrogen-bond donors (Lipinski definition) is 1. The van der Waals surface area contributed by atoms with Gasteiger partial charge < -0.3 is 14.8 Å². The Labute approximate surface area is 126 Å². The van der Waals surface area contributed by atoms with Crippen molar-refractivity contribution in [2.45, 2.75) is 18.9 Å². The zero-order valence-electron chi connectivity index (χ0n) is 10.8. The van der Waals surface area contributed by atoms with Crippen molar-refractivity contribution in [2.24, 2.45) is 5.92 Å². The van der Waals surface area contributed by atoms with Gasteiger partial charge in [0, 0.05) is 17.0 Å². The van der Waals surface area contributed by atoms with Crippen molar-refractivity contribution in [3.8, 4) is 11.5 Å². The Bertz CT molecular complexity index is 625. The van der Waals surface area contributed by atoms with Crippen LogP contribution in [0.1, 0.15) is 23.8 Å². The second kappa shape index (κ2) is 4.86. The van der Waals surface area contributed by atoms with Crippen LogP contribution in [0, 0.1) is 5.92 Å². The summed E-state index contributed by atoms with van der Waals surface area (Å²) in [4.78, 5) is 1.36. The predicted octanol–water partition coefficient (Wildman–Crippen LogP) is 4.69. The first-order chi connectivity index (χ1) is 9.81. The van der Waals surface area contributed by atoms with Crippen LogP contribution in [0.4, 0.5) is 5.69 Å². The maximum absolute atomic E-state index is 6.34. The fourth-order valence-electron chi connectivity index (χ4n) is 2.51. The Morgan fingerprint density at radius 3 is 2.75 bits per heavy atom. The van der Waals surface area contributed by atoms with Crippen LogP contribution >= 0.6 is 22.9 Å². The van der Waals surface area contributed by atoms with Gasteiger partial charge in [-0.3, -0.25) is 0 Å². The van der Waals surface area contributed by atoms with E-state index in [1.807, 2.05) is 12.1 Å². The molecule has 104 valence electrons. The van der Waals surface area contributed by atoms with Crippen molar-refractivity contribution >= 4 is 28.6 Å². The lowest BCUT2D eigenvalue weighted by atomic mass is 10.1. The van der Waals surface area contributed by atoms with Crippen LogP contribution in [0.3, 0.4) is 0 Å². The van der Waals surface area contributed by atoms with E-state index in [1.54, 1.807) is 11.3 Å². The highest BCUT2D eigenvalue weighted by molar-refractivity contribution is 7.10. The minimum absolute atomic E-state index is 0.270. The molecule has 20 heavy (non-hydrogen) atoms. The molecule has 1 fully saturated rings. The van der Waals surface area contributed by atoms with Crippen LogP contribution in [-0.4, -0.2) is 6.79 Å². The summed E-state index contributed by atoms with van der Waals surface area (Å²) in [7, 11) is 0. The molecule has 1 saturated carbocycles. The van der Waals surface area contributed by atoms with Crippen LogP contribution < -0.4 is 14.8 Å². The van der Waals surface area contributed by atoms with E-state index in [-0.39, 0.29) is 6.79 Å². The average molecular weight is 308 g/mol. The van der Waals surface area contributed by atoms with Crippen molar-refractivity contribution in [3.05, 3.63) is 39.5 Å². The molecule has 0 saturated heterocycles. The second-order valence-electron chi connectivity index (χ2n) is 5.16. The first-order valence-electron chi connectivity index (χ1n) is 6.70. The number of ether oxygens (including phenoxy) is 2. The minimum atomic E-state index is 0.270. The summed E-state index contributed by atoms with van der Waals surface area (Å²) in [6.45, 7) is 0.270. The standard InChI is InChI=1S/C15H14ClNO2S/c16-10-6-12-13(19-8-18-12)7-11(10)17-15(9-3-4-9)14-2-1-5-20-14/h1-2,5-7,9,15,17H,3-4,8H2. The van der Waals surface area contributed by atoms with E-state index in [0.717, 1.165) is 17.2 Å². The number of anilines is 1. The molecule has 0 spiro atoms. The lowest BCUT2D eigenvalue weighted by Gasteiger charge is -2.19. The Morgan fingerprint density at radius 1 is 1.25 bits per heavy atom. The molecule has 1 N–H and O–H groups in total. The van der Waals surface area contributed by atoms with E-state index in [0.29, 0.717) is 17.0 Å². The maximum Gasteiger partial charge on any atom is 0.231 e. The lowest BCUT2D eigenvalue weighted by molar-refractivity contribution is 0.174. The van der Waals surface area contributed by atoms with Crippen LogP contribution in [0.25, 0.3) is 0 Å². The van der Waals surface area contributed by atoms with Gasteiger partial charge in [0.2, 0.25) is 6.79 Å². The number of rotatable bonds is 4. The van der Waals surface area contributed by atoms with Crippen molar-refractivity contribution in [2.75, 3.05) is 12.1 Å². The molecule has 2 heterocycles. The summed E-state index contributed by atoms with van der Waals surface area (Å²) in [5.41, 5.74) is 0.918. The van der Waals surface area contributed by atoms with E-state index in [2.05, 4.69) is 22.8 Å². The predicted molar refractivity (Wildman–Crippen MR) is 81.0 cm³/mol. The summed E-state index contributed by atoms with van der Waals surface area (Å²) >= 11 is 8.13. The number of nitrogens with one attached hydrogen (secondary N) is 1. The molecular formula is C15H14ClNO2S. The molecular weight excluding hydrogens is 294 g/mol. The van der Waals surface area contributed by atoms with Crippen molar-refractivity contribution < 1.29 is 9.47 Å². The Morgan fingerprint density at radius 2 is 2.05 bits per heavy atom. The fraction of sp³-hybridized carbons (Fsp3) is 0.333. The Hall–Kier alpha value is -1.39. The summed E-state index contributed by atoms with van der Waals surface area (Å²) < 4.78 is 10.8. The quantitative estimate of drug-likeness (QED) is 0.888. The van der Waals surface area contributed by atoms with Gasteiger partial charge in [-0.15, -0.1) is 11.3 Å². The molecule has 0 amide bonds. The summed E-state index contributed by atoms with van der Waals surface area (Å²) in [6, 6.07) is 8.38. The van der Waals surface area contributed by atoms with Crippen LogP contribution in [0.5, 0.6) is 11.5 Å². The van der Waals surface area contributed by atoms with Gasteiger partial charge in [0.25, 0.3) is 0 Å². The number of hydrogen-bond acceptors (Lipinski definition) is 4. The molecule has 2 aromatic rings. The number of thiophene rings is 1. The van der Waals surface area contributed by atoms with E-state index < -0.39 is 0 Å². The van der Waals surface area contributed by atoms with Crippen molar-refractivity contribution in [1.82, 2.24) is 0 Å². The van der Waals surface area contributed by atoms with Crippen LogP contribution in [-0.2, 0) is 0 Å². The Kier molecular flexibility index (Phi) is 3.00. The summed E-state index contributed by atoms with van der Waals surface area (Å²) in [5, 5.41) is 6.38. The molecule has 1 aliphatic carbocycles. The summed E-state index contributed by atoms with van der Waals surface area (Å²) in [6.07, 6.45) is 2.55. The normalized spacial score (nSPS) is 18.1. The molecule has 1 aliphatic heterocycles. The maximum atomic E-state index is 6.34. The highest BCUT2D eigenvalue weighted by Crippen LogP contribution is 2.46. The molecule has 4 rings (SSSR count). The van der Waals surface area contributed by atoms with Gasteiger partial charge in [0.05, 0.1) is 16.8 Å². The second-order valence-corrected chi connectivity index (χ2v) is 6.55. The number of benzene rings is 1. The Balaban J connectivity index is 1.64. The average Bonchev–Trinajstić information content (AvgIpc) is 2.96. The molecule has 3 nitrogen and oxygen atoms in total. The highest BCUT2D eigenvalue weighted by Gasteiger charge is 2.33. The molecule has 2 aliphatic rings. The van der Waals surface area contributed by atoms with Gasteiger partial charge in [-0.2, -0.15) is 0 Å². The highest BCUT2D eigenvalue weighted by atomic mass is 35.5. The van der Waals surface area contributed by atoms with Crippen molar-refractivity contribution in [1.29, 1.82) is 0 Å². The monoisotopic (exact) mass is 307 g/mol. The zero-order chi connectivity index (χ0) is 13.5. The number of fused-ring (bicyclic) bond motifs is 1. The SMILES string of the molecule is Clc1cc2c(cc1NC(c1cccs1)C1CC1)OCO2. The van der Waals surface area contributed by atoms with E-state index >= 15 is 0 Å². The number of halogens is 1. The first kappa shape index (κ1) is 12.4. The third-order valence-electron chi connectivity index (χ3n) is 3.72. The topological polar surface area (TPSA) is 30.5 Å². The third kappa shape index (κ3) is 2.23. The molecule has 1 aromatic heterocycles. The third-order valence-corrected chi connectivity index (χ3v) is 4.98. The minimum Gasteiger partial charge on any atom is -0.454 e. The molecule has 1 atom stereocenters. The largest absolute Gasteiger partial charge is 0.454 e. The van der Waals surface area contributed by atoms with E-state index in [1.165, 1.54) is 17.7 Å². The molecule has 0 bridgehead atoms. The first-order valence-corrected chi connectivity index (χ1v) is 7.96. The van der Waals surface area contributed by atoms with E-state index in [9.17, 15) is 0 Å². The van der Waals surface area contributed by atoms with Gasteiger partial charge in [0.15, 0.2) is 11.5 Å². The zero-order valence-corrected chi connectivity index (χ0v) is 12.3. The van der Waals surface area contributed by atoms with Gasteiger partial charge >= 0.3 is 0 Å². The summed E-state index contributed by atoms with van der Waals surface area (Å²) in [5.74, 6) is 2.19. The van der Waals surface area contributed by atoms with Gasteiger partial charge in [0.1, 0.15) is 0 Å². The van der Waals surface area contributed by atoms with Gasteiger partial charge in [-0.1, -0.05) is 17.7 Å². The van der Waals surface area contributed by atoms with E-state index in [4.69, 9.17) is 21.1 Å². The van der Waals surface area contributed by atoms with Gasteiger partial charge in [-0.05, 0) is 30.2 Å². The van der Waals surface area contributed by atoms with Crippen LogP contribution in [0.2, 0.25) is 5.02 Å². The van der Waals surface area contributed by atoms with Crippen molar-refractivity contribution in [3.63, 3.8) is 0 Å². The lowest BCUT2D eigenvalue weighted by Crippen LogP contribution is -2.11. The molecule has 5 heteroatoms. The molecule has 0 radical (unpaired) electrons. The smallest absolute Gasteiger partial charge is 0.231 e. The van der Waals surface area contributed by atoms with Crippen LogP contribution in [0.15, 0.2) is 29.6 Å². The molecule has 1 aromatic carbocycles.